The van der Waals surface area contributed by atoms with Crippen LogP contribution in [0.5, 0.6) is 5.75 Å². The van der Waals surface area contributed by atoms with Crippen LogP contribution < -0.4 is 11.2 Å². The van der Waals surface area contributed by atoms with Gasteiger partial charge in [0.05, 0.1) is 5.69 Å². The molecule has 144 valence electrons. The first kappa shape index (κ1) is 18.8. The molecular formula is C20H18N2O4S2. The molecule has 3 heterocycles. The van der Waals surface area contributed by atoms with E-state index in [-0.39, 0.29) is 15.9 Å². The van der Waals surface area contributed by atoms with Crippen LogP contribution in [0, 0.1) is 0 Å². The fraction of sp³-hybridized carbons (Fsp3) is 0.250. The molecule has 4 rings (SSSR count). The number of pyridine rings is 1. The van der Waals surface area contributed by atoms with E-state index in [0.29, 0.717) is 10.0 Å². The summed E-state index contributed by atoms with van der Waals surface area (Å²) in [6.45, 7) is 4.02. The van der Waals surface area contributed by atoms with Crippen molar-refractivity contribution in [3.8, 4) is 11.4 Å². The second kappa shape index (κ2) is 6.22. The fourth-order valence-corrected chi connectivity index (χ4v) is 4.48. The first-order valence-electron chi connectivity index (χ1n) is 8.60. The van der Waals surface area contributed by atoms with Crippen molar-refractivity contribution in [1.29, 1.82) is 0 Å². The van der Waals surface area contributed by atoms with Gasteiger partial charge in [0.1, 0.15) is 20.2 Å². The summed E-state index contributed by atoms with van der Waals surface area (Å²) in [5.41, 5.74) is 0.933. The van der Waals surface area contributed by atoms with Crippen LogP contribution in [0.4, 0.5) is 0 Å². The van der Waals surface area contributed by atoms with E-state index in [4.69, 9.17) is 16.6 Å². The number of para-hydroxylation sites is 1. The molecule has 0 atom stereocenters. The lowest BCUT2D eigenvalue weighted by Crippen LogP contribution is -2.24. The predicted octanol–water partition coefficient (Wildman–Crippen LogP) is 3.23. The Morgan fingerprint density at radius 1 is 1.25 bits per heavy atom. The van der Waals surface area contributed by atoms with E-state index in [2.05, 4.69) is 0 Å². The van der Waals surface area contributed by atoms with Gasteiger partial charge in [-0.15, -0.1) is 0 Å². The minimum atomic E-state index is -0.725. The zero-order valence-electron chi connectivity index (χ0n) is 15.8. The Hall–Kier alpha value is -2.58. The van der Waals surface area contributed by atoms with Crippen LogP contribution in [0.15, 0.2) is 49.2 Å². The quantitative estimate of drug-likeness (QED) is 0.484. The number of aromatic nitrogens is 1. The highest BCUT2D eigenvalue weighted by Gasteiger charge is 2.38. The number of hydrogen-bond acceptors (Lipinski definition) is 6. The van der Waals surface area contributed by atoms with E-state index >= 15 is 0 Å². The van der Waals surface area contributed by atoms with Gasteiger partial charge in [-0.2, -0.15) is 0 Å². The van der Waals surface area contributed by atoms with Gasteiger partial charge in [-0.05, 0) is 23.4 Å². The number of benzene rings is 1. The lowest BCUT2D eigenvalue weighted by atomic mass is 9.83. The average molecular weight is 415 g/mol. The average Bonchev–Trinajstić information content (AvgIpc) is 2.86. The molecule has 0 radical (unpaired) electrons. The van der Waals surface area contributed by atoms with Crippen molar-refractivity contribution in [3.05, 3.63) is 62.4 Å². The predicted molar refractivity (Wildman–Crippen MR) is 114 cm³/mol. The van der Waals surface area contributed by atoms with Crippen LogP contribution in [0.2, 0.25) is 0 Å². The minimum absolute atomic E-state index is 0.0279. The Morgan fingerprint density at radius 2 is 1.93 bits per heavy atom. The molecule has 0 unspecified atom stereocenters. The van der Waals surface area contributed by atoms with Crippen molar-refractivity contribution in [1.82, 2.24) is 9.47 Å². The van der Waals surface area contributed by atoms with Gasteiger partial charge < -0.3 is 14.4 Å². The third-order valence-electron chi connectivity index (χ3n) is 5.03. The molecule has 0 saturated carbocycles. The Bertz CT molecular complexity index is 1270. The highest BCUT2D eigenvalue weighted by Crippen LogP contribution is 2.43. The monoisotopic (exact) mass is 414 g/mol. The second-order valence-electron chi connectivity index (χ2n) is 7.38. The van der Waals surface area contributed by atoms with Crippen molar-refractivity contribution >= 4 is 39.3 Å². The molecule has 2 aromatic heterocycles. The van der Waals surface area contributed by atoms with Gasteiger partial charge in [0.25, 0.3) is 5.56 Å². The van der Waals surface area contributed by atoms with Gasteiger partial charge in [0.2, 0.25) is 0 Å². The number of thiocarbonyl (C=S) groups is 1. The molecule has 28 heavy (non-hydrogen) atoms. The molecule has 0 saturated heterocycles. The Morgan fingerprint density at radius 3 is 2.61 bits per heavy atom. The summed E-state index contributed by atoms with van der Waals surface area (Å²) in [5.74, 6) is -0.400. The molecule has 3 aromatic rings. The van der Waals surface area contributed by atoms with E-state index in [9.17, 15) is 14.7 Å². The SMILES string of the molecule is CN(C)C(=S)Sc1c(O)c2c(=O)n3c(cc2oc1=O)C(C)(C)c1ccccc1-3. The normalized spacial score (nSPS) is 14.0. The molecule has 0 amide bonds. The van der Waals surface area contributed by atoms with Crippen molar-refractivity contribution < 1.29 is 9.52 Å². The molecule has 1 aliphatic rings. The first-order chi connectivity index (χ1) is 13.1. The van der Waals surface area contributed by atoms with Gasteiger partial charge in [-0.1, -0.05) is 44.3 Å². The highest BCUT2D eigenvalue weighted by atomic mass is 32.2. The van der Waals surface area contributed by atoms with Crippen LogP contribution >= 0.6 is 24.0 Å². The summed E-state index contributed by atoms with van der Waals surface area (Å²) in [6, 6.07) is 9.29. The van der Waals surface area contributed by atoms with Crippen molar-refractivity contribution in [3.63, 3.8) is 0 Å². The topological polar surface area (TPSA) is 75.7 Å². The van der Waals surface area contributed by atoms with Crippen molar-refractivity contribution in [2.45, 2.75) is 24.2 Å². The minimum Gasteiger partial charge on any atom is -0.505 e. The Balaban J connectivity index is 2.07. The second-order valence-corrected chi connectivity index (χ2v) is 9.03. The summed E-state index contributed by atoms with van der Waals surface area (Å²) >= 11 is 6.11. The Kier molecular flexibility index (Phi) is 4.17. The van der Waals surface area contributed by atoms with Gasteiger partial charge in [-0.3, -0.25) is 9.36 Å². The summed E-state index contributed by atoms with van der Waals surface area (Å²) in [5, 5.41) is 10.8. The molecule has 0 spiro atoms. The summed E-state index contributed by atoms with van der Waals surface area (Å²) in [4.78, 5) is 27.4. The summed E-state index contributed by atoms with van der Waals surface area (Å²) in [6.07, 6.45) is 0. The van der Waals surface area contributed by atoms with E-state index in [1.54, 1.807) is 29.6 Å². The molecule has 8 heteroatoms. The zero-order chi connectivity index (χ0) is 20.4. The molecular weight excluding hydrogens is 396 g/mol. The maximum Gasteiger partial charge on any atom is 0.354 e. The highest BCUT2D eigenvalue weighted by molar-refractivity contribution is 8.23. The van der Waals surface area contributed by atoms with Gasteiger partial charge in [0.15, 0.2) is 5.75 Å². The lowest BCUT2D eigenvalue weighted by molar-refractivity contribution is 0.446. The maximum atomic E-state index is 13.4. The Labute approximate surface area is 170 Å². The lowest BCUT2D eigenvalue weighted by Gasteiger charge is -2.20. The largest absolute Gasteiger partial charge is 0.505 e. The van der Waals surface area contributed by atoms with Gasteiger partial charge >= 0.3 is 5.63 Å². The number of rotatable bonds is 1. The van der Waals surface area contributed by atoms with Gasteiger partial charge in [0, 0.05) is 31.3 Å². The number of nitrogens with zero attached hydrogens (tertiary/aromatic N) is 2. The van der Waals surface area contributed by atoms with E-state index in [0.717, 1.165) is 23.0 Å². The third kappa shape index (κ3) is 2.51. The molecule has 0 aliphatic carbocycles. The summed E-state index contributed by atoms with van der Waals surface area (Å²) < 4.78 is 7.37. The number of fused-ring (bicyclic) bond motifs is 4. The van der Waals surface area contributed by atoms with Crippen LogP contribution in [-0.4, -0.2) is 33.0 Å². The van der Waals surface area contributed by atoms with Gasteiger partial charge in [-0.25, -0.2) is 4.79 Å². The fourth-order valence-electron chi connectivity index (χ4n) is 3.55. The van der Waals surface area contributed by atoms with E-state index in [1.807, 2.05) is 38.1 Å². The molecule has 0 bridgehead atoms. The van der Waals surface area contributed by atoms with Crippen molar-refractivity contribution in [2.75, 3.05) is 14.1 Å². The van der Waals surface area contributed by atoms with Crippen LogP contribution in [-0.2, 0) is 5.41 Å². The molecule has 6 nitrogen and oxygen atoms in total. The third-order valence-corrected chi connectivity index (χ3v) is 6.74. The number of hydrogen-bond donors (Lipinski definition) is 1. The zero-order valence-corrected chi connectivity index (χ0v) is 17.4. The van der Waals surface area contributed by atoms with E-state index in [1.165, 1.54) is 0 Å². The molecule has 1 aliphatic heterocycles. The van der Waals surface area contributed by atoms with Crippen LogP contribution in [0.3, 0.4) is 0 Å². The molecule has 1 aromatic carbocycles. The number of thioether (sulfide) groups is 1. The van der Waals surface area contributed by atoms with E-state index < -0.39 is 22.3 Å². The van der Waals surface area contributed by atoms with Crippen molar-refractivity contribution in [2.24, 2.45) is 0 Å². The number of aromatic hydroxyl groups is 1. The molecule has 1 N–H and O–H groups in total. The smallest absolute Gasteiger partial charge is 0.354 e. The molecule has 0 fully saturated rings. The van der Waals surface area contributed by atoms with Crippen LogP contribution in [0.1, 0.15) is 25.1 Å². The standard InChI is InChI=1S/C20H18N2O4S2/c1-20(2)10-7-5-6-8-11(10)22-13(20)9-12-14(17(22)24)15(23)16(18(25)26-12)28-19(27)21(3)4/h5-9,23H,1-4H3. The maximum absolute atomic E-state index is 13.4. The first-order valence-corrected chi connectivity index (χ1v) is 9.82. The van der Waals surface area contributed by atoms with Crippen LogP contribution in [0.25, 0.3) is 16.7 Å². The summed E-state index contributed by atoms with van der Waals surface area (Å²) in [7, 11) is 3.46.